The van der Waals surface area contributed by atoms with Gasteiger partial charge in [0.15, 0.2) is 5.13 Å². The summed E-state index contributed by atoms with van der Waals surface area (Å²) in [6.07, 6.45) is 1.79. The number of nitrogens with zero attached hydrogens (tertiary/aromatic N) is 2. The lowest BCUT2D eigenvalue weighted by Gasteiger charge is -2.12. The summed E-state index contributed by atoms with van der Waals surface area (Å²) < 4.78 is 59.9. The summed E-state index contributed by atoms with van der Waals surface area (Å²) in [6.45, 7) is 2.15. The van der Waals surface area contributed by atoms with Crippen LogP contribution >= 0.6 is 11.3 Å². The maximum atomic E-state index is 14.5. The van der Waals surface area contributed by atoms with E-state index in [-0.39, 0.29) is 34.2 Å². The summed E-state index contributed by atoms with van der Waals surface area (Å²) in [6, 6.07) is 13.2. The molecule has 7 nitrogen and oxygen atoms in total. The van der Waals surface area contributed by atoms with Crippen molar-refractivity contribution in [3.8, 4) is 17.6 Å². The van der Waals surface area contributed by atoms with E-state index in [1.165, 1.54) is 36.8 Å². The quantitative estimate of drug-likeness (QED) is 0.114. The zero-order valence-corrected chi connectivity index (χ0v) is 24.7. The lowest BCUT2D eigenvalue weighted by atomic mass is 10.1. The molecule has 0 aliphatic rings. The highest BCUT2D eigenvalue weighted by Gasteiger charge is 2.30. The summed E-state index contributed by atoms with van der Waals surface area (Å²) in [5.41, 5.74) is -0.364. The Hall–Kier alpha value is -4.50. The number of carbonyl (C=O) groups is 2. The molecule has 1 aromatic heterocycles. The van der Waals surface area contributed by atoms with E-state index in [0.717, 1.165) is 61.6 Å². The molecular formula is C32H30F4N4O3S. The average Bonchev–Trinajstić information content (AvgIpc) is 3.38. The van der Waals surface area contributed by atoms with Gasteiger partial charge in [-0.05, 0) is 42.3 Å². The van der Waals surface area contributed by atoms with Crippen LogP contribution in [0.5, 0.6) is 11.5 Å². The first-order valence-electron chi connectivity index (χ1n) is 14.1. The lowest BCUT2D eigenvalue weighted by molar-refractivity contribution is -0.137. The van der Waals surface area contributed by atoms with Crippen molar-refractivity contribution in [3.05, 3.63) is 77.1 Å². The number of benzene rings is 3. The molecule has 230 valence electrons. The molecule has 12 heteroatoms. The van der Waals surface area contributed by atoms with Crippen LogP contribution in [0.1, 0.15) is 68.6 Å². The largest absolute Gasteiger partial charge is 0.456 e. The van der Waals surface area contributed by atoms with Gasteiger partial charge in [0.2, 0.25) is 11.8 Å². The van der Waals surface area contributed by atoms with Crippen molar-refractivity contribution in [3.63, 3.8) is 0 Å². The van der Waals surface area contributed by atoms with Crippen molar-refractivity contribution in [1.82, 2.24) is 4.98 Å². The number of halogens is 4. The fourth-order valence-corrected chi connectivity index (χ4v) is 5.46. The maximum Gasteiger partial charge on any atom is 0.416 e. The first kappa shape index (κ1) is 32.4. The van der Waals surface area contributed by atoms with Crippen molar-refractivity contribution in [1.29, 1.82) is 5.26 Å². The summed E-state index contributed by atoms with van der Waals surface area (Å²) in [4.78, 5) is 29.3. The summed E-state index contributed by atoms with van der Waals surface area (Å²) in [5.74, 6) is -1.40. The number of hydrogen-bond acceptors (Lipinski definition) is 6. The van der Waals surface area contributed by atoms with Crippen LogP contribution < -0.4 is 15.4 Å². The molecule has 4 rings (SSSR count). The second-order valence-corrected chi connectivity index (χ2v) is 11.1. The van der Waals surface area contributed by atoms with Crippen molar-refractivity contribution in [2.75, 3.05) is 10.6 Å². The number of nitriles is 1. The van der Waals surface area contributed by atoms with Crippen LogP contribution in [0.2, 0.25) is 0 Å². The van der Waals surface area contributed by atoms with Gasteiger partial charge >= 0.3 is 6.18 Å². The van der Waals surface area contributed by atoms with E-state index in [4.69, 9.17) is 4.74 Å². The van der Waals surface area contributed by atoms with E-state index in [0.29, 0.717) is 21.8 Å². The van der Waals surface area contributed by atoms with Crippen molar-refractivity contribution < 1.29 is 31.9 Å². The first-order chi connectivity index (χ1) is 21.1. The molecular weight excluding hydrogens is 596 g/mol. The second kappa shape index (κ2) is 14.8. The van der Waals surface area contributed by atoms with Gasteiger partial charge in [0, 0.05) is 12.5 Å². The number of unbranched alkanes of at least 4 members (excludes halogenated alkanes) is 5. The van der Waals surface area contributed by atoms with Gasteiger partial charge in [-0.1, -0.05) is 68.6 Å². The zero-order valence-electron chi connectivity index (χ0n) is 23.9. The fraction of sp³-hybridized carbons (Fsp3) is 0.312. The van der Waals surface area contributed by atoms with Gasteiger partial charge < -0.3 is 15.4 Å². The van der Waals surface area contributed by atoms with Crippen molar-refractivity contribution in [2.24, 2.45) is 0 Å². The van der Waals surface area contributed by atoms with Crippen LogP contribution in [0.15, 0.2) is 54.6 Å². The Labute approximate surface area is 255 Å². The smallest absolute Gasteiger partial charge is 0.416 e. The number of nitrogens with one attached hydrogen (secondary N) is 2. The number of ether oxygens (including phenoxy) is 1. The molecule has 0 unspecified atom stereocenters. The van der Waals surface area contributed by atoms with E-state index in [1.807, 2.05) is 0 Å². The highest BCUT2D eigenvalue weighted by molar-refractivity contribution is 7.22. The molecule has 2 N–H and O–H groups in total. The van der Waals surface area contributed by atoms with E-state index in [2.05, 4.69) is 28.6 Å². The molecule has 4 aromatic rings. The van der Waals surface area contributed by atoms with E-state index in [9.17, 15) is 32.4 Å². The van der Waals surface area contributed by atoms with Gasteiger partial charge in [-0.3, -0.25) is 9.59 Å². The second-order valence-electron chi connectivity index (χ2n) is 10.2. The molecule has 0 saturated heterocycles. The predicted octanol–water partition coefficient (Wildman–Crippen LogP) is 8.99. The molecule has 0 spiro atoms. The topological polar surface area (TPSA) is 104 Å². The Balaban J connectivity index is 1.43. The minimum absolute atomic E-state index is 0.105. The third kappa shape index (κ3) is 8.76. The van der Waals surface area contributed by atoms with E-state index < -0.39 is 29.9 Å². The molecule has 0 radical (unpaired) electrons. The number of thiazole rings is 1. The van der Waals surface area contributed by atoms with Gasteiger partial charge in [0.05, 0.1) is 27.9 Å². The van der Waals surface area contributed by atoms with Gasteiger partial charge in [0.1, 0.15) is 28.9 Å². The number of anilines is 2. The van der Waals surface area contributed by atoms with Crippen molar-refractivity contribution >= 4 is 44.2 Å². The number of rotatable bonds is 13. The van der Waals surface area contributed by atoms with E-state index in [1.54, 1.807) is 6.07 Å². The first-order valence-corrected chi connectivity index (χ1v) is 15.0. The highest BCUT2D eigenvalue weighted by Crippen LogP contribution is 2.37. The number of alkyl halides is 3. The minimum Gasteiger partial charge on any atom is -0.456 e. The third-order valence-corrected chi connectivity index (χ3v) is 7.70. The van der Waals surface area contributed by atoms with Gasteiger partial charge in [0.25, 0.3) is 0 Å². The molecule has 0 bridgehead atoms. The molecule has 0 saturated carbocycles. The maximum absolute atomic E-state index is 14.5. The monoisotopic (exact) mass is 626 g/mol. The number of aromatic nitrogens is 1. The van der Waals surface area contributed by atoms with Crippen molar-refractivity contribution in [2.45, 2.75) is 64.5 Å². The summed E-state index contributed by atoms with van der Waals surface area (Å²) in [5, 5.41) is 15.4. The number of hydrogen-bond donors (Lipinski definition) is 2. The summed E-state index contributed by atoms with van der Waals surface area (Å²) in [7, 11) is 0. The van der Waals surface area contributed by atoms with Crippen LogP contribution in [0.25, 0.3) is 10.2 Å². The third-order valence-electron chi connectivity index (χ3n) is 6.69. The number of fused-ring (bicyclic) bond motifs is 1. The van der Waals surface area contributed by atoms with Crippen LogP contribution in [0.4, 0.5) is 28.4 Å². The minimum atomic E-state index is -4.56. The zero-order chi connectivity index (χ0) is 31.7. The van der Waals surface area contributed by atoms with Gasteiger partial charge in [-0.25, -0.2) is 9.37 Å². The molecule has 1 heterocycles. The Morgan fingerprint density at radius 2 is 1.75 bits per heavy atom. The molecule has 3 aromatic carbocycles. The Bertz CT molecular complexity index is 1680. The predicted molar refractivity (Wildman–Crippen MR) is 161 cm³/mol. The van der Waals surface area contributed by atoms with Gasteiger partial charge in [-0.2, -0.15) is 18.4 Å². The molecule has 44 heavy (non-hydrogen) atoms. The SMILES string of the molecule is CCCCCCCCC(=O)Nc1nc2ccc(Oc3ccc(F)c(NC(=O)Cc4cccc(C(F)(F)F)c4)c3)c(C#N)c2s1. The van der Waals surface area contributed by atoms with Gasteiger partial charge in [-0.15, -0.1) is 0 Å². The van der Waals surface area contributed by atoms with Crippen LogP contribution in [-0.4, -0.2) is 16.8 Å². The van der Waals surface area contributed by atoms with Crippen LogP contribution in [0.3, 0.4) is 0 Å². The average molecular weight is 627 g/mol. The van der Waals surface area contributed by atoms with Crippen LogP contribution in [0, 0.1) is 17.1 Å². The Morgan fingerprint density at radius 1 is 0.977 bits per heavy atom. The molecule has 2 amide bonds. The summed E-state index contributed by atoms with van der Waals surface area (Å²) >= 11 is 1.14. The standard InChI is InChI=1S/C32H30F4N4O3S/c1-2-3-4-5-6-7-11-28(41)40-31-39-25-14-15-27(23(19-37)30(25)44-31)43-22-12-13-24(33)26(18-22)38-29(42)17-20-9-8-10-21(16-20)32(34,35)36/h8-10,12-16,18H,2-7,11,17H2,1H3,(H,38,42)(H,39,40,41). The van der Waals surface area contributed by atoms with E-state index >= 15 is 0 Å². The molecule has 0 atom stereocenters. The highest BCUT2D eigenvalue weighted by atomic mass is 32.1. The molecule has 0 fully saturated rings. The normalized spacial score (nSPS) is 11.3. The Kier molecular flexibility index (Phi) is 10.9. The molecule has 0 aliphatic heterocycles. The lowest BCUT2D eigenvalue weighted by Crippen LogP contribution is -2.16. The number of carbonyl (C=O) groups excluding carboxylic acids is 2. The molecule has 0 aliphatic carbocycles. The van der Waals surface area contributed by atoms with Crippen LogP contribution in [-0.2, 0) is 22.2 Å². The fourth-order valence-electron chi connectivity index (χ4n) is 4.49. The Morgan fingerprint density at radius 3 is 2.50 bits per heavy atom. The number of amides is 2.